The lowest BCUT2D eigenvalue weighted by Crippen LogP contribution is -2.25. The third kappa shape index (κ3) is 6.58. The number of anilines is 1. The topological polar surface area (TPSA) is 88.9 Å². The number of hydrogen-bond acceptors (Lipinski definition) is 5. The first-order valence-electron chi connectivity index (χ1n) is 11.0. The second-order valence-corrected chi connectivity index (χ2v) is 9.61. The number of carbonyl (C=O) groups excluding carboxylic acids is 2. The number of thioether (sulfide) groups is 1. The molecule has 2 amide bonds. The minimum Gasteiger partial charge on any atom is -0.345 e. The summed E-state index contributed by atoms with van der Waals surface area (Å²) >= 11 is 4.31. The largest absolute Gasteiger partial charge is 0.418 e. The Morgan fingerprint density at radius 3 is 2.34 bits per heavy atom. The summed E-state index contributed by atoms with van der Waals surface area (Å²) in [6, 6.07) is 17.3. The van der Waals surface area contributed by atoms with Gasteiger partial charge in [-0.05, 0) is 48.5 Å². The van der Waals surface area contributed by atoms with Crippen molar-refractivity contribution in [3.8, 4) is 5.69 Å². The minimum absolute atomic E-state index is 0.109. The van der Waals surface area contributed by atoms with E-state index >= 15 is 0 Å². The van der Waals surface area contributed by atoms with Gasteiger partial charge in [0.05, 0.1) is 29.1 Å². The Kier molecular flexibility index (Phi) is 8.47. The molecule has 38 heavy (non-hydrogen) atoms. The molecular weight excluding hydrogens is 590 g/mol. The van der Waals surface area contributed by atoms with Crippen LogP contribution < -0.4 is 10.6 Å². The van der Waals surface area contributed by atoms with Gasteiger partial charge in [-0.2, -0.15) is 13.2 Å². The van der Waals surface area contributed by atoms with Gasteiger partial charge in [-0.25, -0.2) is 4.39 Å². The van der Waals surface area contributed by atoms with E-state index in [1.165, 1.54) is 42.5 Å². The fraction of sp³-hybridized carbons (Fsp3) is 0.120. The maximum Gasteiger partial charge on any atom is 0.418 e. The highest BCUT2D eigenvalue weighted by Crippen LogP contribution is 2.34. The number of halogens is 5. The Morgan fingerprint density at radius 1 is 0.947 bits per heavy atom. The lowest BCUT2D eigenvalue weighted by molar-refractivity contribution is -0.137. The molecule has 0 atom stereocenters. The minimum atomic E-state index is -4.62. The molecule has 0 saturated heterocycles. The zero-order valence-corrected chi connectivity index (χ0v) is 21.7. The molecular formula is C25H18BrF4N5O2S. The molecule has 4 aromatic rings. The summed E-state index contributed by atoms with van der Waals surface area (Å²) in [6.45, 7) is -0.109. The lowest BCUT2D eigenvalue weighted by atomic mass is 10.1. The number of carbonyl (C=O) groups is 2. The van der Waals surface area contributed by atoms with E-state index in [1.54, 1.807) is 28.8 Å². The highest BCUT2D eigenvalue weighted by Gasteiger charge is 2.33. The molecule has 196 valence electrons. The van der Waals surface area contributed by atoms with Crippen molar-refractivity contribution in [1.29, 1.82) is 0 Å². The molecule has 7 nitrogen and oxygen atoms in total. The smallest absolute Gasteiger partial charge is 0.345 e. The van der Waals surface area contributed by atoms with Crippen LogP contribution in [-0.2, 0) is 17.5 Å². The Balaban J connectivity index is 1.52. The van der Waals surface area contributed by atoms with Gasteiger partial charge < -0.3 is 10.6 Å². The molecule has 0 aliphatic carbocycles. The average molecular weight is 608 g/mol. The normalized spacial score (nSPS) is 11.3. The predicted molar refractivity (Wildman–Crippen MR) is 137 cm³/mol. The van der Waals surface area contributed by atoms with Gasteiger partial charge in [-0.15, -0.1) is 10.2 Å². The second-order valence-electron chi connectivity index (χ2n) is 7.75. The summed E-state index contributed by atoms with van der Waals surface area (Å²) in [7, 11) is 0. The SMILES string of the molecule is O=C(CSc1nnc(CNC(=O)c2ccccc2F)n1-c1ccc(Br)cc1)Nc1ccccc1C(F)(F)F. The molecule has 0 spiro atoms. The summed E-state index contributed by atoms with van der Waals surface area (Å²) < 4.78 is 56.1. The highest BCUT2D eigenvalue weighted by molar-refractivity contribution is 9.10. The fourth-order valence-electron chi connectivity index (χ4n) is 3.41. The van der Waals surface area contributed by atoms with Gasteiger partial charge in [0.1, 0.15) is 5.82 Å². The van der Waals surface area contributed by atoms with E-state index < -0.39 is 29.4 Å². The first kappa shape index (κ1) is 27.3. The van der Waals surface area contributed by atoms with Gasteiger partial charge >= 0.3 is 6.18 Å². The van der Waals surface area contributed by atoms with Crippen molar-refractivity contribution in [3.63, 3.8) is 0 Å². The van der Waals surface area contributed by atoms with Gasteiger partial charge in [0.15, 0.2) is 11.0 Å². The molecule has 0 fully saturated rings. The van der Waals surface area contributed by atoms with Crippen LogP contribution in [0.5, 0.6) is 0 Å². The van der Waals surface area contributed by atoms with E-state index in [0.29, 0.717) is 11.5 Å². The van der Waals surface area contributed by atoms with Crippen molar-refractivity contribution >= 4 is 45.2 Å². The van der Waals surface area contributed by atoms with Crippen LogP contribution in [0.4, 0.5) is 23.2 Å². The summed E-state index contributed by atoms with van der Waals surface area (Å²) in [5.41, 5.74) is -0.827. The van der Waals surface area contributed by atoms with Crippen molar-refractivity contribution in [2.45, 2.75) is 17.9 Å². The summed E-state index contributed by atoms with van der Waals surface area (Å²) in [4.78, 5) is 25.0. The van der Waals surface area contributed by atoms with Gasteiger partial charge in [-0.1, -0.05) is 52.0 Å². The molecule has 0 aliphatic heterocycles. The van der Waals surface area contributed by atoms with Crippen molar-refractivity contribution < 1.29 is 27.2 Å². The van der Waals surface area contributed by atoms with E-state index in [9.17, 15) is 27.2 Å². The van der Waals surface area contributed by atoms with Gasteiger partial charge in [0.2, 0.25) is 5.91 Å². The van der Waals surface area contributed by atoms with Crippen LogP contribution in [-0.4, -0.2) is 32.3 Å². The molecule has 1 aromatic heterocycles. The van der Waals surface area contributed by atoms with Crippen molar-refractivity contribution in [2.24, 2.45) is 0 Å². The standard InChI is InChI=1S/C25H18BrF4N5O2S/c26-15-9-11-16(12-10-15)35-21(13-31-23(37)17-5-1-3-7-19(17)27)33-34-24(35)38-14-22(36)32-20-8-4-2-6-18(20)25(28,29)30/h1-12H,13-14H2,(H,31,37)(H,32,36). The van der Waals surface area contributed by atoms with Crippen LogP contribution in [0.1, 0.15) is 21.7 Å². The average Bonchev–Trinajstić information content (AvgIpc) is 3.29. The predicted octanol–water partition coefficient (Wildman–Crippen LogP) is 5.85. The number of para-hydroxylation sites is 1. The number of rotatable bonds is 8. The molecule has 1 heterocycles. The molecule has 0 saturated carbocycles. The number of nitrogens with one attached hydrogen (secondary N) is 2. The Labute approximate surface area is 226 Å². The van der Waals surface area contributed by atoms with Crippen LogP contribution in [0.3, 0.4) is 0 Å². The van der Waals surface area contributed by atoms with E-state index in [1.807, 2.05) is 0 Å². The monoisotopic (exact) mass is 607 g/mol. The number of amides is 2. The van der Waals surface area contributed by atoms with Gasteiger partial charge in [0.25, 0.3) is 5.91 Å². The van der Waals surface area contributed by atoms with Gasteiger partial charge in [-0.3, -0.25) is 14.2 Å². The Morgan fingerprint density at radius 2 is 1.63 bits per heavy atom. The van der Waals surface area contributed by atoms with Crippen molar-refractivity contribution in [2.75, 3.05) is 11.1 Å². The number of alkyl halides is 3. The van der Waals surface area contributed by atoms with Gasteiger partial charge in [0, 0.05) is 10.2 Å². The number of hydrogen-bond donors (Lipinski definition) is 2. The number of benzene rings is 3. The highest BCUT2D eigenvalue weighted by atomic mass is 79.9. The van der Waals surface area contributed by atoms with Crippen molar-refractivity contribution in [1.82, 2.24) is 20.1 Å². The third-order valence-corrected chi connectivity index (χ3v) is 6.61. The maximum absolute atomic E-state index is 14.0. The quantitative estimate of drug-likeness (QED) is 0.194. The number of nitrogens with zero attached hydrogens (tertiary/aromatic N) is 3. The van der Waals surface area contributed by atoms with Crippen LogP contribution in [0.2, 0.25) is 0 Å². The Bertz CT molecular complexity index is 1460. The molecule has 13 heteroatoms. The van der Waals surface area contributed by atoms with Crippen molar-refractivity contribution in [3.05, 3.63) is 100 Å². The third-order valence-electron chi connectivity index (χ3n) is 5.15. The fourth-order valence-corrected chi connectivity index (χ4v) is 4.45. The van der Waals surface area contributed by atoms with Crippen LogP contribution in [0, 0.1) is 5.82 Å². The van der Waals surface area contributed by atoms with Crippen LogP contribution >= 0.6 is 27.7 Å². The second kappa shape index (κ2) is 11.8. The molecule has 0 unspecified atom stereocenters. The molecule has 2 N–H and O–H groups in total. The molecule has 0 bridgehead atoms. The Hall–Kier alpha value is -3.71. The first-order valence-corrected chi connectivity index (χ1v) is 12.7. The zero-order chi connectivity index (χ0) is 27.3. The summed E-state index contributed by atoms with van der Waals surface area (Å²) in [6.07, 6.45) is -4.62. The molecule has 4 rings (SSSR count). The summed E-state index contributed by atoms with van der Waals surface area (Å²) in [5.74, 6) is -1.96. The van der Waals surface area contributed by atoms with E-state index in [2.05, 4.69) is 36.8 Å². The lowest BCUT2D eigenvalue weighted by Gasteiger charge is -2.14. The summed E-state index contributed by atoms with van der Waals surface area (Å²) in [5, 5.41) is 13.4. The number of aromatic nitrogens is 3. The molecule has 3 aromatic carbocycles. The first-order chi connectivity index (χ1) is 18.1. The van der Waals surface area contributed by atoms with Crippen LogP contribution in [0.15, 0.2) is 82.4 Å². The molecule has 0 radical (unpaired) electrons. The maximum atomic E-state index is 14.0. The van der Waals surface area contributed by atoms with E-state index in [4.69, 9.17) is 0 Å². The molecule has 0 aliphatic rings. The van der Waals surface area contributed by atoms with E-state index in [0.717, 1.165) is 22.3 Å². The van der Waals surface area contributed by atoms with Crippen LogP contribution in [0.25, 0.3) is 5.69 Å². The zero-order valence-electron chi connectivity index (χ0n) is 19.3. The van der Waals surface area contributed by atoms with E-state index in [-0.39, 0.29) is 28.7 Å².